The SMILES string of the molecule is O=C(NC1CCCCC1)c1ccc(C(=O)N2CCN(c3ccccn3)CC2)cc1. The van der Waals surface area contributed by atoms with Crippen LogP contribution < -0.4 is 10.2 Å². The molecule has 0 spiro atoms. The Hall–Kier alpha value is -2.89. The van der Waals surface area contributed by atoms with E-state index in [4.69, 9.17) is 0 Å². The van der Waals surface area contributed by atoms with Crippen LogP contribution in [0.25, 0.3) is 0 Å². The molecule has 1 N–H and O–H groups in total. The lowest BCUT2D eigenvalue weighted by Gasteiger charge is -2.35. The molecule has 1 aliphatic carbocycles. The standard InChI is InChI=1S/C23H28N4O2/c28-22(25-20-6-2-1-3-7-20)18-9-11-19(12-10-18)23(29)27-16-14-26(15-17-27)21-8-4-5-13-24-21/h4-5,8-13,20H,1-3,6-7,14-17H2,(H,25,28). The van der Waals surface area contributed by atoms with Gasteiger partial charge in [0.15, 0.2) is 0 Å². The molecular formula is C23H28N4O2. The van der Waals surface area contributed by atoms with Crippen LogP contribution in [0.5, 0.6) is 0 Å². The van der Waals surface area contributed by atoms with E-state index in [0.717, 1.165) is 31.7 Å². The number of amides is 2. The summed E-state index contributed by atoms with van der Waals surface area (Å²) in [5.41, 5.74) is 1.25. The zero-order valence-corrected chi connectivity index (χ0v) is 16.7. The number of piperazine rings is 1. The minimum Gasteiger partial charge on any atom is -0.353 e. The predicted octanol–water partition coefficient (Wildman–Crippen LogP) is 3.11. The van der Waals surface area contributed by atoms with Crippen molar-refractivity contribution >= 4 is 17.6 Å². The molecule has 1 aromatic carbocycles. The summed E-state index contributed by atoms with van der Waals surface area (Å²) in [4.78, 5) is 33.7. The molecule has 2 heterocycles. The number of carbonyl (C=O) groups is 2. The maximum Gasteiger partial charge on any atom is 0.253 e. The van der Waals surface area contributed by atoms with Crippen LogP contribution in [0.3, 0.4) is 0 Å². The van der Waals surface area contributed by atoms with E-state index >= 15 is 0 Å². The van der Waals surface area contributed by atoms with Crippen molar-refractivity contribution in [2.75, 3.05) is 31.1 Å². The normalized spacial score (nSPS) is 17.8. The molecule has 4 rings (SSSR count). The first-order valence-corrected chi connectivity index (χ1v) is 10.6. The smallest absolute Gasteiger partial charge is 0.253 e. The molecule has 0 unspecified atom stereocenters. The van der Waals surface area contributed by atoms with E-state index in [9.17, 15) is 9.59 Å². The van der Waals surface area contributed by atoms with Crippen molar-refractivity contribution in [2.24, 2.45) is 0 Å². The molecule has 2 fully saturated rings. The van der Waals surface area contributed by atoms with Gasteiger partial charge in [-0.3, -0.25) is 9.59 Å². The summed E-state index contributed by atoms with van der Waals surface area (Å²) in [6, 6.07) is 13.2. The number of aromatic nitrogens is 1. The second kappa shape index (κ2) is 9.07. The third-order valence-corrected chi connectivity index (χ3v) is 5.87. The average Bonchev–Trinajstić information content (AvgIpc) is 2.80. The molecule has 6 nitrogen and oxygen atoms in total. The Morgan fingerprint density at radius 1 is 0.862 bits per heavy atom. The lowest BCUT2D eigenvalue weighted by molar-refractivity contribution is 0.0745. The lowest BCUT2D eigenvalue weighted by atomic mass is 9.95. The molecule has 1 aliphatic heterocycles. The molecule has 0 radical (unpaired) electrons. The monoisotopic (exact) mass is 392 g/mol. The van der Waals surface area contributed by atoms with Gasteiger partial charge in [0, 0.05) is 49.5 Å². The zero-order valence-electron chi connectivity index (χ0n) is 16.7. The van der Waals surface area contributed by atoms with Gasteiger partial charge < -0.3 is 15.1 Å². The highest BCUT2D eigenvalue weighted by Gasteiger charge is 2.23. The van der Waals surface area contributed by atoms with Gasteiger partial charge in [0.1, 0.15) is 5.82 Å². The molecule has 29 heavy (non-hydrogen) atoms. The Morgan fingerprint density at radius 3 is 2.21 bits per heavy atom. The van der Waals surface area contributed by atoms with Gasteiger partial charge in [-0.1, -0.05) is 25.3 Å². The molecule has 2 aromatic rings. The van der Waals surface area contributed by atoms with Crippen LogP contribution >= 0.6 is 0 Å². The van der Waals surface area contributed by atoms with Crippen molar-refractivity contribution in [1.29, 1.82) is 0 Å². The molecule has 1 aromatic heterocycles. The van der Waals surface area contributed by atoms with Crippen LogP contribution in [0.2, 0.25) is 0 Å². The molecule has 1 saturated carbocycles. The Morgan fingerprint density at radius 2 is 1.55 bits per heavy atom. The number of rotatable bonds is 4. The summed E-state index contributed by atoms with van der Waals surface area (Å²) in [6.45, 7) is 2.87. The topological polar surface area (TPSA) is 65.5 Å². The molecule has 6 heteroatoms. The highest BCUT2D eigenvalue weighted by molar-refractivity contribution is 5.98. The number of carbonyl (C=O) groups excluding carboxylic acids is 2. The Bertz CT molecular complexity index is 824. The van der Waals surface area contributed by atoms with Gasteiger partial charge in [-0.25, -0.2) is 4.98 Å². The largest absolute Gasteiger partial charge is 0.353 e. The molecule has 152 valence electrons. The number of hydrogen-bond donors (Lipinski definition) is 1. The highest BCUT2D eigenvalue weighted by Crippen LogP contribution is 2.18. The number of anilines is 1. The van der Waals surface area contributed by atoms with Crippen molar-refractivity contribution in [2.45, 2.75) is 38.1 Å². The fourth-order valence-corrected chi connectivity index (χ4v) is 4.14. The van der Waals surface area contributed by atoms with E-state index in [1.807, 2.05) is 23.1 Å². The Labute approximate surface area is 171 Å². The van der Waals surface area contributed by atoms with Crippen LogP contribution in [-0.4, -0.2) is 53.9 Å². The summed E-state index contributed by atoms with van der Waals surface area (Å²) in [7, 11) is 0. The highest BCUT2D eigenvalue weighted by atomic mass is 16.2. The first-order chi connectivity index (χ1) is 14.2. The zero-order chi connectivity index (χ0) is 20.1. The summed E-state index contributed by atoms with van der Waals surface area (Å²) in [5, 5.41) is 3.12. The van der Waals surface area contributed by atoms with Gasteiger partial charge >= 0.3 is 0 Å². The third-order valence-electron chi connectivity index (χ3n) is 5.87. The molecule has 2 amide bonds. The van der Waals surface area contributed by atoms with E-state index in [1.165, 1.54) is 19.3 Å². The maximum absolute atomic E-state index is 12.8. The van der Waals surface area contributed by atoms with Crippen molar-refractivity contribution in [3.05, 3.63) is 59.8 Å². The van der Waals surface area contributed by atoms with E-state index in [2.05, 4.69) is 15.2 Å². The van der Waals surface area contributed by atoms with E-state index in [1.54, 1.807) is 30.5 Å². The van der Waals surface area contributed by atoms with Crippen LogP contribution in [0.1, 0.15) is 52.8 Å². The summed E-state index contributed by atoms with van der Waals surface area (Å²) in [6.07, 6.45) is 7.55. The van der Waals surface area contributed by atoms with Crippen LogP contribution in [0, 0.1) is 0 Å². The number of pyridine rings is 1. The lowest BCUT2D eigenvalue weighted by Crippen LogP contribution is -2.49. The van der Waals surface area contributed by atoms with E-state index < -0.39 is 0 Å². The minimum absolute atomic E-state index is 0.0184. The Balaban J connectivity index is 1.32. The van der Waals surface area contributed by atoms with Crippen molar-refractivity contribution < 1.29 is 9.59 Å². The quantitative estimate of drug-likeness (QED) is 0.868. The predicted molar refractivity (Wildman–Crippen MR) is 113 cm³/mol. The van der Waals surface area contributed by atoms with Crippen LogP contribution in [0.15, 0.2) is 48.7 Å². The second-order valence-corrected chi connectivity index (χ2v) is 7.85. The first-order valence-electron chi connectivity index (χ1n) is 10.6. The fourth-order valence-electron chi connectivity index (χ4n) is 4.14. The molecule has 0 bridgehead atoms. The van der Waals surface area contributed by atoms with Gasteiger partial charge in [-0.2, -0.15) is 0 Å². The number of nitrogens with one attached hydrogen (secondary N) is 1. The summed E-state index contributed by atoms with van der Waals surface area (Å²) < 4.78 is 0. The van der Waals surface area contributed by atoms with Gasteiger partial charge in [0.05, 0.1) is 0 Å². The molecule has 2 aliphatic rings. The number of nitrogens with zero attached hydrogens (tertiary/aromatic N) is 3. The summed E-state index contributed by atoms with van der Waals surface area (Å²) >= 11 is 0. The minimum atomic E-state index is -0.0418. The number of benzene rings is 1. The first kappa shape index (κ1) is 19.4. The maximum atomic E-state index is 12.8. The molecular weight excluding hydrogens is 364 g/mol. The second-order valence-electron chi connectivity index (χ2n) is 7.85. The van der Waals surface area contributed by atoms with Crippen molar-refractivity contribution in [3.8, 4) is 0 Å². The van der Waals surface area contributed by atoms with Crippen molar-refractivity contribution in [1.82, 2.24) is 15.2 Å². The van der Waals surface area contributed by atoms with Crippen LogP contribution in [-0.2, 0) is 0 Å². The van der Waals surface area contributed by atoms with Crippen LogP contribution in [0.4, 0.5) is 5.82 Å². The van der Waals surface area contributed by atoms with Gasteiger partial charge in [-0.05, 0) is 49.2 Å². The van der Waals surface area contributed by atoms with E-state index in [0.29, 0.717) is 24.2 Å². The molecule has 1 saturated heterocycles. The molecule has 0 atom stereocenters. The Kier molecular flexibility index (Phi) is 6.08. The van der Waals surface area contributed by atoms with E-state index in [-0.39, 0.29) is 17.9 Å². The van der Waals surface area contributed by atoms with Crippen molar-refractivity contribution in [3.63, 3.8) is 0 Å². The van der Waals surface area contributed by atoms with Gasteiger partial charge in [0.25, 0.3) is 11.8 Å². The summed E-state index contributed by atoms with van der Waals surface area (Å²) in [5.74, 6) is 0.928. The van der Waals surface area contributed by atoms with Gasteiger partial charge in [0.2, 0.25) is 0 Å². The van der Waals surface area contributed by atoms with Gasteiger partial charge in [-0.15, -0.1) is 0 Å². The average molecular weight is 393 g/mol. The third kappa shape index (κ3) is 4.75. The fraction of sp³-hybridized carbons (Fsp3) is 0.435. The number of hydrogen-bond acceptors (Lipinski definition) is 4.